The van der Waals surface area contributed by atoms with Crippen molar-refractivity contribution in [3.05, 3.63) is 34.5 Å². The lowest BCUT2D eigenvalue weighted by atomic mass is 10.1. The number of carbonyl (C=O) groups excluding carboxylic acids is 1. The van der Waals surface area contributed by atoms with Crippen LogP contribution in [0.3, 0.4) is 0 Å². The van der Waals surface area contributed by atoms with Gasteiger partial charge < -0.3 is 19.1 Å². The Kier molecular flexibility index (Phi) is 4.03. The molecule has 1 aromatic carbocycles. The van der Waals surface area contributed by atoms with Gasteiger partial charge in [-0.25, -0.2) is 0 Å². The van der Waals surface area contributed by atoms with Crippen molar-refractivity contribution in [1.82, 2.24) is 14.4 Å². The number of likely N-dealkylation sites (N-methyl/N-ethyl adjacent to an activating group) is 1. The summed E-state index contributed by atoms with van der Waals surface area (Å²) >= 11 is 6.25. The number of carbonyl (C=O) groups is 1. The van der Waals surface area contributed by atoms with Gasteiger partial charge in [-0.3, -0.25) is 4.79 Å². The quantitative estimate of drug-likeness (QED) is 0.796. The average molecular weight is 348 g/mol. The summed E-state index contributed by atoms with van der Waals surface area (Å²) < 4.78 is 8.35. The largest absolute Gasteiger partial charge is 0.354 e. The van der Waals surface area contributed by atoms with Crippen LogP contribution < -0.4 is 0 Å². The van der Waals surface area contributed by atoms with Crippen LogP contribution in [0.2, 0.25) is 5.02 Å². The van der Waals surface area contributed by atoms with E-state index in [0.29, 0.717) is 19.7 Å². The van der Waals surface area contributed by atoms with Crippen LogP contribution in [0, 0.1) is 0 Å². The van der Waals surface area contributed by atoms with Crippen LogP contribution in [0.25, 0.3) is 10.9 Å². The normalized spacial score (nSPS) is 22.0. The fourth-order valence-corrected chi connectivity index (χ4v) is 4.07. The molecule has 0 N–H and O–H groups in total. The molecule has 0 aliphatic carbocycles. The van der Waals surface area contributed by atoms with Crippen molar-refractivity contribution in [2.24, 2.45) is 0 Å². The molecule has 0 bridgehead atoms. The molecule has 5 nitrogen and oxygen atoms in total. The SMILES string of the molecule is CC(=O)N1CCOC(n2c3c(c4cc(Cl)ccc42)CN(C)CC3)C1. The number of morpholine rings is 1. The fraction of sp³-hybridized carbons (Fsp3) is 0.500. The third-order valence-electron chi connectivity index (χ3n) is 5.12. The van der Waals surface area contributed by atoms with Crippen LogP contribution in [-0.4, -0.2) is 53.6 Å². The molecule has 2 aliphatic rings. The summed E-state index contributed by atoms with van der Waals surface area (Å²) in [6, 6.07) is 6.06. The van der Waals surface area contributed by atoms with Crippen molar-refractivity contribution in [2.45, 2.75) is 26.1 Å². The van der Waals surface area contributed by atoms with E-state index in [9.17, 15) is 4.79 Å². The topological polar surface area (TPSA) is 37.7 Å². The van der Waals surface area contributed by atoms with Gasteiger partial charge in [0.1, 0.15) is 0 Å². The first-order chi connectivity index (χ1) is 11.5. The second kappa shape index (κ2) is 6.06. The van der Waals surface area contributed by atoms with E-state index in [2.05, 4.69) is 28.6 Å². The molecular weight excluding hydrogens is 326 g/mol. The van der Waals surface area contributed by atoms with Gasteiger partial charge in [-0.2, -0.15) is 0 Å². The Bertz CT molecular complexity index is 801. The van der Waals surface area contributed by atoms with E-state index in [1.54, 1.807) is 6.92 Å². The minimum atomic E-state index is -0.126. The summed E-state index contributed by atoms with van der Waals surface area (Å²) in [7, 11) is 2.14. The number of hydrogen-bond donors (Lipinski definition) is 0. The number of benzene rings is 1. The molecule has 2 aliphatic heterocycles. The molecule has 6 heteroatoms. The molecule has 1 fully saturated rings. The second-order valence-corrected chi connectivity index (χ2v) is 7.17. The third kappa shape index (κ3) is 2.61. The highest BCUT2D eigenvalue weighted by molar-refractivity contribution is 6.31. The molecule has 0 saturated carbocycles. The summed E-state index contributed by atoms with van der Waals surface area (Å²) in [5.41, 5.74) is 3.81. The van der Waals surface area contributed by atoms with Gasteiger partial charge in [0.15, 0.2) is 6.23 Å². The molecule has 0 spiro atoms. The van der Waals surface area contributed by atoms with Gasteiger partial charge in [-0.15, -0.1) is 0 Å². The first-order valence-electron chi connectivity index (χ1n) is 8.41. The molecule has 0 radical (unpaired) electrons. The molecule has 3 heterocycles. The first kappa shape index (κ1) is 15.9. The zero-order valence-electron chi connectivity index (χ0n) is 14.1. The maximum absolute atomic E-state index is 11.8. The van der Waals surface area contributed by atoms with Crippen molar-refractivity contribution < 1.29 is 9.53 Å². The van der Waals surface area contributed by atoms with E-state index in [1.165, 1.54) is 16.6 Å². The lowest BCUT2D eigenvalue weighted by molar-refractivity contribution is -0.140. The molecule has 1 saturated heterocycles. The number of ether oxygens (including phenoxy) is 1. The minimum absolute atomic E-state index is 0.108. The standard InChI is InChI=1S/C18H22ClN3O2/c1-12(23)21-7-8-24-18(11-21)22-16-4-3-13(19)9-14(16)15-10-20(2)6-5-17(15)22/h3-4,9,18H,5-8,10-11H2,1-2H3. The predicted octanol–water partition coefficient (Wildman–Crippen LogP) is 2.66. The van der Waals surface area contributed by atoms with E-state index in [-0.39, 0.29) is 12.1 Å². The first-order valence-corrected chi connectivity index (χ1v) is 8.79. The van der Waals surface area contributed by atoms with Crippen LogP contribution in [-0.2, 0) is 22.5 Å². The minimum Gasteiger partial charge on any atom is -0.354 e. The Morgan fingerprint density at radius 2 is 2.17 bits per heavy atom. The van der Waals surface area contributed by atoms with Crippen molar-refractivity contribution in [2.75, 3.05) is 33.3 Å². The predicted molar refractivity (Wildman–Crippen MR) is 94.2 cm³/mol. The number of nitrogens with zero attached hydrogens (tertiary/aromatic N) is 3. The number of rotatable bonds is 1. The molecule has 128 valence electrons. The summed E-state index contributed by atoms with van der Waals surface area (Å²) in [4.78, 5) is 16.0. The lowest BCUT2D eigenvalue weighted by Crippen LogP contribution is -2.43. The van der Waals surface area contributed by atoms with Gasteiger partial charge in [-0.05, 0) is 30.8 Å². The van der Waals surface area contributed by atoms with Crippen LogP contribution in [0.15, 0.2) is 18.2 Å². The van der Waals surface area contributed by atoms with Gasteiger partial charge >= 0.3 is 0 Å². The Labute approximate surface area is 146 Å². The maximum atomic E-state index is 11.8. The number of hydrogen-bond acceptors (Lipinski definition) is 3. The van der Waals surface area contributed by atoms with Crippen molar-refractivity contribution >= 4 is 28.4 Å². The molecule has 4 rings (SSSR count). The summed E-state index contributed by atoms with van der Waals surface area (Å²) in [5.74, 6) is 0.108. The number of fused-ring (bicyclic) bond motifs is 3. The molecule has 1 amide bonds. The second-order valence-electron chi connectivity index (χ2n) is 6.73. The van der Waals surface area contributed by atoms with Gasteiger partial charge in [0.2, 0.25) is 5.91 Å². The van der Waals surface area contributed by atoms with Crippen molar-refractivity contribution in [3.8, 4) is 0 Å². The zero-order chi connectivity index (χ0) is 16.8. The average Bonchev–Trinajstić information content (AvgIpc) is 2.88. The van der Waals surface area contributed by atoms with Crippen LogP contribution in [0.4, 0.5) is 0 Å². The number of amides is 1. The number of halogens is 1. The van der Waals surface area contributed by atoms with E-state index < -0.39 is 0 Å². The lowest BCUT2D eigenvalue weighted by Gasteiger charge is -2.35. The Hall–Kier alpha value is -1.56. The van der Waals surface area contributed by atoms with Gasteiger partial charge in [0.25, 0.3) is 0 Å². The third-order valence-corrected chi connectivity index (χ3v) is 5.36. The van der Waals surface area contributed by atoms with Crippen molar-refractivity contribution in [1.29, 1.82) is 0 Å². The smallest absolute Gasteiger partial charge is 0.219 e. The molecular formula is C18H22ClN3O2. The molecule has 2 aromatic rings. The summed E-state index contributed by atoms with van der Waals surface area (Å²) in [6.45, 7) is 5.42. The molecule has 1 atom stereocenters. The number of aromatic nitrogens is 1. The highest BCUT2D eigenvalue weighted by Crippen LogP contribution is 2.35. The summed E-state index contributed by atoms with van der Waals surface area (Å²) in [6.07, 6.45) is 0.858. The Morgan fingerprint density at radius 1 is 1.33 bits per heavy atom. The zero-order valence-corrected chi connectivity index (χ0v) is 14.8. The molecule has 24 heavy (non-hydrogen) atoms. The Balaban J connectivity index is 1.84. The van der Waals surface area contributed by atoms with Gasteiger partial charge in [0.05, 0.1) is 18.7 Å². The van der Waals surface area contributed by atoms with Crippen molar-refractivity contribution in [3.63, 3.8) is 0 Å². The Morgan fingerprint density at radius 3 is 2.96 bits per heavy atom. The van der Waals surface area contributed by atoms with Crippen LogP contribution in [0.1, 0.15) is 24.4 Å². The van der Waals surface area contributed by atoms with E-state index in [1.807, 2.05) is 11.0 Å². The van der Waals surface area contributed by atoms with E-state index >= 15 is 0 Å². The highest BCUT2D eigenvalue weighted by Gasteiger charge is 2.30. The molecule has 1 aromatic heterocycles. The monoisotopic (exact) mass is 347 g/mol. The highest BCUT2D eigenvalue weighted by atomic mass is 35.5. The van der Waals surface area contributed by atoms with Crippen LogP contribution >= 0.6 is 11.6 Å². The van der Waals surface area contributed by atoms with Gasteiger partial charge in [0, 0.05) is 49.1 Å². The fourth-order valence-electron chi connectivity index (χ4n) is 3.90. The van der Waals surface area contributed by atoms with Gasteiger partial charge in [-0.1, -0.05) is 11.6 Å². The van der Waals surface area contributed by atoms with E-state index in [4.69, 9.17) is 16.3 Å². The summed E-state index contributed by atoms with van der Waals surface area (Å²) in [5, 5.41) is 1.96. The van der Waals surface area contributed by atoms with E-state index in [0.717, 1.165) is 30.0 Å². The molecule has 1 unspecified atom stereocenters. The van der Waals surface area contributed by atoms with Crippen LogP contribution in [0.5, 0.6) is 0 Å². The maximum Gasteiger partial charge on any atom is 0.219 e.